The van der Waals surface area contributed by atoms with E-state index < -0.39 is 0 Å². The molecule has 1 atom stereocenters. The van der Waals surface area contributed by atoms with E-state index >= 15 is 0 Å². The number of nitrogens with zero attached hydrogens (tertiary/aromatic N) is 3. The summed E-state index contributed by atoms with van der Waals surface area (Å²) in [5.74, 6) is 0. The number of hydrogen-bond donors (Lipinski definition) is 1. The summed E-state index contributed by atoms with van der Waals surface area (Å²) in [4.78, 5) is 9.41. The Labute approximate surface area is 110 Å². The fraction of sp³-hybridized carbons (Fsp3) is 0.643. The largest absolute Gasteiger partial charge is 0.397 e. The summed E-state index contributed by atoms with van der Waals surface area (Å²) in [5.41, 5.74) is 7.50. The van der Waals surface area contributed by atoms with Gasteiger partial charge in [0, 0.05) is 25.7 Å². The fourth-order valence-electron chi connectivity index (χ4n) is 2.75. The Balaban J connectivity index is 1.87. The van der Waals surface area contributed by atoms with Crippen molar-refractivity contribution >= 4 is 5.69 Å². The van der Waals surface area contributed by atoms with E-state index in [-0.39, 0.29) is 0 Å². The summed E-state index contributed by atoms with van der Waals surface area (Å²) in [6.07, 6.45) is 3.02. The zero-order valence-electron chi connectivity index (χ0n) is 11.5. The van der Waals surface area contributed by atoms with Crippen molar-refractivity contribution in [1.29, 1.82) is 0 Å². The SMILES string of the molecule is CCN(CC)C1CCN(Cc2ccc(N)cn2)C1. The second-order valence-electron chi connectivity index (χ2n) is 4.98. The smallest absolute Gasteiger partial charge is 0.0545 e. The van der Waals surface area contributed by atoms with Crippen molar-refractivity contribution in [3.63, 3.8) is 0 Å². The summed E-state index contributed by atoms with van der Waals surface area (Å²) in [7, 11) is 0. The molecule has 18 heavy (non-hydrogen) atoms. The second kappa shape index (κ2) is 6.16. The van der Waals surface area contributed by atoms with Gasteiger partial charge < -0.3 is 5.73 Å². The lowest BCUT2D eigenvalue weighted by Crippen LogP contribution is -2.37. The highest BCUT2D eigenvalue weighted by atomic mass is 15.2. The van der Waals surface area contributed by atoms with Gasteiger partial charge in [-0.1, -0.05) is 13.8 Å². The van der Waals surface area contributed by atoms with Crippen LogP contribution in [-0.4, -0.2) is 47.0 Å². The molecular weight excluding hydrogens is 224 g/mol. The Morgan fingerprint density at radius 2 is 2.17 bits per heavy atom. The van der Waals surface area contributed by atoms with Gasteiger partial charge in [-0.25, -0.2) is 0 Å². The zero-order chi connectivity index (χ0) is 13.0. The third kappa shape index (κ3) is 3.21. The molecule has 0 aromatic carbocycles. The Morgan fingerprint density at radius 3 is 2.78 bits per heavy atom. The zero-order valence-corrected chi connectivity index (χ0v) is 11.5. The van der Waals surface area contributed by atoms with Crippen molar-refractivity contribution in [1.82, 2.24) is 14.8 Å². The topological polar surface area (TPSA) is 45.4 Å². The van der Waals surface area contributed by atoms with Crippen molar-refractivity contribution in [3.05, 3.63) is 24.0 Å². The number of likely N-dealkylation sites (tertiary alicyclic amines) is 1. The van der Waals surface area contributed by atoms with Gasteiger partial charge in [0.15, 0.2) is 0 Å². The van der Waals surface area contributed by atoms with Gasteiger partial charge in [0.25, 0.3) is 0 Å². The van der Waals surface area contributed by atoms with Crippen LogP contribution in [0.15, 0.2) is 18.3 Å². The molecule has 2 N–H and O–H groups in total. The predicted octanol–water partition coefficient (Wildman–Crippen LogP) is 1.58. The van der Waals surface area contributed by atoms with E-state index in [1.54, 1.807) is 6.20 Å². The van der Waals surface area contributed by atoms with Gasteiger partial charge in [0.1, 0.15) is 0 Å². The van der Waals surface area contributed by atoms with Crippen LogP contribution in [0.3, 0.4) is 0 Å². The first-order valence-electron chi connectivity index (χ1n) is 6.89. The van der Waals surface area contributed by atoms with Crippen LogP contribution in [0, 0.1) is 0 Å². The van der Waals surface area contributed by atoms with Crippen LogP contribution in [0.25, 0.3) is 0 Å². The molecule has 0 amide bonds. The third-order valence-electron chi connectivity index (χ3n) is 3.81. The van der Waals surface area contributed by atoms with E-state index in [2.05, 4.69) is 28.6 Å². The Hall–Kier alpha value is -1.13. The average Bonchev–Trinajstić information content (AvgIpc) is 2.82. The van der Waals surface area contributed by atoms with Gasteiger partial charge in [0.05, 0.1) is 17.6 Å². The van der Waals surface area contributed by atoms with Crippen molar-refractivity contribution in [3.8, 4) is 0 Å². The number of anilines is 1. The standard InChI is InChI=1S/C14H24N4/c1-3-18(4-2)14-7-8-17(11-14)10-13-6-5-12(15)9-16-13/h5-6,9,14H,3-4,7-8,10-11,15H2,1-2H3. The highest BCUT2D eigenvalue weighted by molar-refractivity contribution is 5.34. The molecule has 2 rings (SSSR count). The van der Waals surface area contributed by atoms with Crippen LogP contribution in [0.2, 0.25) is 0 Å². The maximum absolute atomic E-state index is 5.65. The molecule has 0 spiro atoms. The van der Waals surface area contributed by atoms with E-state index in [1.165, 1.54) is 13.0 Å². The van der Waals surface area contributed by atoms with Crippen molar-refractivity contribution in [2.24, 2.45) is 0 Å². The number of likely N-dealkylation sites (N-methyl/N-ethyl adjacent to an activating group) is 1. The molecule has 1 aliphatic rings. The average molecular weight is 248 g/mol. The molecule has 0 bridgehead atoms. The molecule has 0 aliphatic carbocycles. The van der Waals surface area contributed by atoms with Gasteiger partial charge in [-0.05, 0) is 31.6 Å². The van der Waals surface area contributed by atoms with Crippen LogP contribution in [0.5, 0.6) is 0 Å². The minimum Gasteiger partial charge on any atom is -0.397 e. The van der Waals surface area contributed by atoms with Crippen LogP contribution < -0.4 is 5.73 Å². The monoisotopic (exact) mass is 248 g/mol. The maximum atomic E-state index is 5.65. The lowest BCUT2D eigenvalue weighted by atomic mass is 10.2. The van der Waals surface area contributed by atoms with E-state index in [0.717, 1.165) is 37.6 Å². The summed E-state index contributed by atoms with van der Waals surface area (Å²) in [6, 6.07) is 4.68. The number of aromatic nitrogens is 1. The molecule has 4 heteroatoms. The molecule has 0 saturated carbocycles. The molecule has 2 heterocycles. The molecule has 1 aromatic heterocycles. The lowest BCUT2D eigenvalue weighted by Gasteiger charge is -2.26. The van der Waals surface area contributed by atoms with E-state index in [9.17, 15) is 0 Å². The molecule has 4 nitrogen and oxygen atoms in total. The number of nitrogens with two attached hydrogens (primary N) is 1. The molecule has 1 fully saturated rings. The summed E-state index contributed by atoms with van der Waals surface area (Å²) in [5, 5.41) is 0. The summed E-state index contributed by atoms with van der Waals surface area (Å²) < 4.78 is 0. The predicted molar refractivity (Wildman–Crippen MR) is 75.3 cm³/mol. The Bertz CT molecular complexity index is 359. The second-order valence-corrected chi connectivity index (χ2v) is 4.98. The summed E-state index contributed by atoms with van der Waals surface area (Å²) in [6.45, 7) is 10.1. The molecule has 0 radical (unpaired) electrons. The van der Waals surface area contributed by atoms with Crippen LogP contribution in [0.1, 0.15) is 26.0 Å². The maximum Gasteiger partial charge on any atom is 0.0545 e. The Morgan fingerprint density at radius 1 is 1.39 bits per heavy atom. The fourth-order valence-corrected chi connectivity index (χ4v) is 2.75. The minimum atomic E-state index is 0.716. The van der Waals surface area contributed by atoms with E-state index in [4.69, 9.17) is 5.73 Å². The van der Waals surface area contributed by atoms with Crippen molar-refractivity contribution in [2.45, 2.75) is 32.9 Å². The minimum absolute atomic E-state index is 0.716. The van der Waals surface area contributed by atoms with Gasteiger partial charge in [-0.2, -0.15) is 0 Å². The lowest BCUT2D eigenvalue weighted by molar-refractivity contribution is 0.208. The van der Waals surface area contributed by atoms with Gasteiger partial charge in [0.2, 0.25) is 0 Å². The molecule has 1 saturated heterocycles. The first-order valence-corrected chi connectivity index (χ1v) is 6.89. The first-order chi connectivity index (χ1) is 8.72. The molecule has 1 aromatic rings. The van der Waals surface area contributed by atoms with Gasteiger partial charge in [-0.15, -0.1) is 0 Å². The third-order valence-corrected chi connectivity index (χ3v) is 3.81. The van der Waals surface area contributed by atoms with Gasteiger partial charge >= 0.3 is 0 Å². The van der Waals surface area contributed by atoms with E-state index in [1.807, 2.05) is 12.1 Å². The quantitative estimate of drug-likeness (QED) is 0.859. The number of nitrogen functional groups attached to an aromatic ring is 1. The van der Waals surface area contributed by atoms with Crippen LogP contribution in [0.4, 0.5) is 5.69 Å². The molecular formula is C14H24N4. The van der Waals surface area contributed by atoms with Crippen molar-refractivity contribution in [2.75, 3.05) is 31.9 Å². The number of pyridine rings is 1. The molecule has 1 unspecified atom stereocenters. The first kappa shape index (κ1) is 13.3. The Kier molecular flexibility index (Phi) is 4.55. The molecule has 100 valence electrons. The highest BCUT2D eigenvalue weighted by Gasteiger charge is 2.26. The highest BCUT2D eigenvalue weighted by Crippen LogP contribution is 2.17. The van der Waals surface area contributed by atoms with Crippen molar-refractivity contribution < 1.29 is 0 Å². The van der Waals surface area contributed by atoms with Crippen LogP contribution >= 0.6 is 0 Å². The normalized spacial score (nSPS) is 20.7. The summed E-state index contributed by atoms with van der Waals surface area (Å²) >= 11 is 0. The van der Waals surface area contributed by atoms with Gasteiger partial charge in [-0.3, -0.25) is 14.8 Å². The number of rotatable bonds is 5. The van der Waals surface area contributed by atoms with E-state index in [0.29, 0.717) is 6.04 Å². The van der Waals surface area contributed by atoms with Crippen LogP contribution in [-0.2, 0) is 6.54 Å². The number of hydrogen-bond acceptors (Lipinski definition) is 4. The molecule has 1 aliphatic heterocycles.